The van der Waals surface area contributed by atoms with Crippen LogP contribution in [0.5, 0.6) is 0 Å². The van der Waals surface area contributed by atoms with Gasteiger partial charge in [-0.25, -0.2) is 0 Å². The van der Waals surface area contributed by atoms with Gasteiger partial charge >= 0.3 is 0 Å². The van der Waals surface area contributed by atoms with Gasteiger partial charge in [-0.15, -0.1) is 0 Å². The van der Waals surface area contributed by atoms with E-state index in [4.69, 9.17) is 5.73 Å². The van der Waals surface area contributed by atoms with E-state index in [1.165, 1.54) is 0 Å². The van der Waals surface area contributed by atoms with Gasteiger partial charge in [-0.2, -0.15) is 0 Å². The Bertz CT molecular complexity index is 557. The Balaban J connectivity index is 1.61. The van der Waals surface area contributed by atoms with Gasteiger partial charge in [0.1, 0.15) is 5.69 Å². The van der Waals surface area contributed by atoms with E-state index in [1.54, 1.807) is 0 Å². The summed E-state index contributed by atoms with van der Waals surface area (Å²) < 4.78 is 3.01. The van der Waals surface area contributed by atoms with Gasteiger partial charge in [0.05, 0.1) is 0 Å². The van der Waals surface area contributed by atoms with Gasteiger partial charge in [0, 0.05) is 28.7 Å². The molecule has 1 heterocycles. The number of hydrogen-bond acceptors (Lipinski definition) is 2. The number of aromatic nitrogens is 1. The van der Waals surface area contributed by atoms with Crippen LogP contribution in [-0.4, -0.2) is 22.4 Å². The Hall–Kier alpha value is -1.30. The molecule has 0 unspecified atom stereocenters. The van der Waals surface area contributed by atoms with Crippen molar-refractivity contribution in [3.63, 3.8) is 0 Å². The molecule has 0 atom stereocenters. The van der Waals surface area contributed by atoms with Crippen molar-refractivity contribution >= 4 is 27.7 Å². The SMILES string of the molecule is NC(=O)C1CCC(NC(=O)c2cc(Br)cn2C2CC2)CC1. The Kier molecular flexibility index (Phi) is 4.06. The first kappa shape index (κ1) is 14.6. The molecule has 2 fully saturated rings. The van der Waals surface area contributed by atoms with Gasteiger partial charge in [-0.1, -0.05) is 0 Å². The first-order valence-corrected chi connectivity index (χ1v) is 8.31. The highest BCUT2D eigenvalue weighted by molar-refractivity contribution is 9.10. The first-order chi connectivity index (χ1) is 10.0. The lowest BCUT2D eigenvalue weighted by atomic mass is 9.85. The molecule has 114 valence electrons. The standard InChI is InChI=1S/C15H20BrN3O2/c16-10-7-13(19(8-10)12-5-6-12)15(21)18-11-3-1-9(2-4-11)14(17)20/h7-9,11-12H,1-6H2,(H2,17,20)(H,18,21). The maximum Gasteiger partial charge on any atom is 0.268 e. The zero-order chi connectivity index (χ0) is 15.0. The summed E-state index contributed by atoms with van der Waals surface area (Å²) in [4.78, 5) is 23.6. The van der Waals surface area contributed by atoms with E-state index in [0.717, 1.165) is 48.7 Å². The third-order valence-electron chi connectivity index (χ3n) is 4.45. The van der Waals surface area contributed by atoms with Gasteiger partial charge in [0.25, 0.3) is 5.91 Å². The number of nitrogens with two attached hydrogens (primary N) is 1. The van der Waals surface area contributed by atoms with Crippen molar-refractivity contribution in [2.24, 2.45) is 11.7 Å². The van der Waals surface area contributed by atoms with Crippen molar-refractivity contribution in [3.8, 4) is 0 Å². The molecule has 2 aliphatic carbocycles. The highest BCUT2D eigenvalue weighted by Crippen LogP contribution is 2.37. The van der Waals surface area contributed by atoms with Crippen LogP contribution in [0, 0.1) is 5.92 Å². The molecular formula is C15H20BrN3O2. The molecule has 3 N–H and O–H groups in total. The number of nitrogens with one attached hydrogen (secondary N) is 1. The molecule has 3 rings (SSSR count). The van der Waals surface area contributed by atoms with Crippen LogP contribution >= 0.6 is 15.9 Å². The minimum atomic E-state index is -0.216. The first-order valence-electron chi connectivity index (χ1n) is 7.52. The van der Waals surface area contributed by atoms with Crippen molar-refractivity contribution in [3.05, 3.63) is 22.4 Å². The molecule has 0 spiro atoms. The van der Waals surface area contributed by atoms with Crippen LogP contribution < -0.4 is 11.1 Å². The van der Waals surface area contributed by atoms with Crippen LogP contribution in [0.15, 0.2) is 16.7 Å². The summed E-state index contributed by atoms with van der Waals surface area (Å²) in [6.45, 7) is 0. The molecule has 2 saturated carbocycles. The van der Waals surface area contributed by atoms with Crippen molar-refractivity contribution < 1.29 is 9.59 Å². The van der Waals surface area contributed by atoms with Crippen LogP contribution in [0.2, 0.25) is 0 Å². The number of carbonyl (C=O) groups is 2. The van der Waals surface area contributed by atoms with E-state index in [0.29, 0.717) is 6.04 Å². The zero-order valence-electron chi connectivity index (χ0n) is 11.8. The van der Waals surface area contributed by atoms with Crippen LogP contribution in [-0.2, 0) is 4.79 Å². The van der Waals surface area contributed by atoms with E-state index in [2.05, 4.69) is 25.8 Å². The monoisotopic (exact) mass is 353 g/mol. The molecular weight excluding hydrogens is 334 g/mol. The maximum atomic E-state index is 12.5. The second-order valence-electron chi connectivity index (χ2n) is 6.11. The van der Waals surface area contributed by atoms with Gasteiger partial charge in [0.15, 0.2) is 0 Å². The lowest BCUT2D eigenvalue weighted by Crippen LogP contribution is -2.40. The van der Waals surface area contributed by atoms with Gasteiger partial charge < -0.3 is 15.6 Å². The Morgan fingerprint density at radius 2 is 1.86 bits per heavy atom. The van der Waals surface area contributed by atoms with Crippen LogP contribution in [0.1, 0.15) is 55.1 Å². The quantitative estimate of drug-likeness (QED) is 0.871. The van der Waals surface area contributed by atoms with Gasteiger partial charge in [-0.05, 0) is 60.5 Å². The smallest absolute Gasteiger partial charge is 0.268 e. The molecule has 2 aliphatic rings. The summed E-state index contributed by atoms with van der Waals surface area (Å²) in [5, 5.41) is 3.10. The molecule has 0 saturated heterocycles. The van der Waals surface area contributed by atoms with Gasteiger partial charge in [-0.3, -0.25) is 9.59 Å². The van der Waals surface area contributed by atoms with Crippen LogP contribution in [0.3, 0.4) is 0 Å². The average molecular weight is 354 g/mol. The summed E-state index contributed by atoms with van der Waals surface area (Å²) in [5.41, 5.74) is 6.06. The normalized spacial score (nSPS) is 25.6. The van der Waals surface area contributed by atoms with E-state index in [-0.39, 0.29) is 23.8 Å². The molecule has 0 radical (unpaired) electrons. The summed E-state index contributed by atoms with van der Waals surface area (Å²) >= 11 is 3.44. The molecule has 2 amide bonds. The van der Waals surface area contributed by atoms with E-state index >= 15 is 0 Å². The molecule has 6 heteroatoms. The summed E-state index contributed by atoms with van der Waals surface area (Å²) in [6.07, 6.45) is 7.46. The topological polar surface area (TPSA) is 77.1 Å². The molecule has 5 nitrogen and oxygen atoms in total. The predicted octanol–water partition coefficient (Wildman–Crippen LogP) is 2.36. The largest absolute Gasteiger partial charge is 0.369 e. The molecule has 0 bridgehead atoms. The van der Waals surface area contributed by atoms with Crippen LogP contribution in [0.4, 0.5) is 0 Å². The van der Waals surface area contributed by atoms with E-state index < -0.39 is 0 Å². The summed E-state index contributed by atoms with van der Waals surface area (Å²) in [7, 11) is 0. The van der Waals surface area contributed by atoms with Crippen molar-refractivity contribution in [2.75, 3.05) is 0 Å². The predicted molar refractivity (Wildman–Crippen MR) is 82.8 cm³/mol. The van der Waals surface area contributed by atoms with Crippen molar-refractivity contribution in [1.82, 2.24) is 9.88 Å². The molecule has 1 aromatic rings. The number of halogens is 1. The Labute approximate surface area is 132 Å². The number of primary amides is 1. The Morgan fingerprint density at radius 3 is 2.43 bits per heavy atom. The molecule has 1 aromatic heterocycles. The lowest BCUT2D eigenvalue weighted by molar-refractivity contribution is -0.122. The zero-order valence-corrected chi connectivity index (χ0v) is 13.4. The van der Waals surface area contributed by atoms with Crippen molar-refractivity contribution in [2.45, 2.75) is 50.6 Å². The second-order valence-corrected chi connectivity index (χ2v) is 7.02. The summed E-state index contributed by atoms with van der Waals surface area (Å²) in [6, 6.07) is 2.50. The average Bonchev–Trinajstić information content (AvgIpc) is 3.22. The highest BCUT2D eigenvalue weighted by Gasteiger charge is 2.30. The number of hydrogen-bond donors (Lipinski definition) is 2. The van der Waals surface area contributed by atoms with Crippen LogP contribution in [0.25, 0.3) is 0 Å². The molecule has 0 aromatic carbocycles. The summed E-state index contributed by atoms with van der Waals surface area (Å²) in [5.74, 6) is -0.260. The third-order valence-corrected chi connectivity index (χ3v) is 4.89. The van der Waals surface area contributed by atoms with E-state index in [1.807, 2.05) is 12.3 Å². The maximum absolute atomic E-state index is 12.5. The fraction of sp³-hybridized carbons (Fsp3) is 0.600. The second kappa shape index (κ2) is 5.83. The fourth-order valence-corrected chi connectivity index (χ4v) is 3.50. The lowest BCUT2D eigenvalue weighted by Gasteiger charge is -2.27. The molecule has 0 aliphatic heterocycles. The third kappa shape index (κ3) is 3.31. The number of rotatable bonds is 4. The minimum Gasteiger partial charge on any atom is -0.369 e. The Morgan fingerprint density at radius 1 is 1.19 bits per heavy atom. The highest BCUT2D eigenvalue weighted by atomic mass is 79.9. The number of nitrogens with zero attached hydrogens (tertiary/aromatic N) is 1. The van der Waals surface area contributed by atoms with Gasteiger partial charge in [0.2, 0.25) is 5.91 Å². The number of amides is 2. The van der Waals surface area contributed by atoms with Crippen molar-refractivity contribution in [1.29, 1.82) is 0 Å². The minimum absolute atomic E-state index is 0.0184. The molecule has 21 heavy (non-hydrogen) atoms. The van der Waals surface area contributed by atoms with E-state index in [9.17, 15) is 9.59 Å². The number of carbonyl (C=O) groups excluding carboxylic acids is 2. The fourth-order valence-electron chi connectivity index (χ4n) is 3.06.